The first-order valence-electron chi connectivity index (χ1n) is 6.37. The minimum Gasteiger partial charge on any atom is -0.485 e. The molecule has 0 unspecified atom stereocenters. The number of para-hydroxylation sites is 1. The molecule has 0 atom stereocenters. The van der Waals surface area contributed by atoms with Crippen LogP contribution < -0.4 is 4.74 Å². The maximum absolute atomic E-state index is 12.1. The van der Waals surface area contributed by atoms with Crippen LogP contribution in [-0.2, 0) is 0 Å². The van der Waals surface area contributed by atoms with Crippen LogP contribution in [0.2, 0.25) is 0 Å². The van der Waals surface area contributed by atoms with Crippen LogP contribution in [0.5, 0.6) is 5.75 Å². The molecule has 0 N–H and O–H groups in total. The number of ether oxygens (including phenoxy) is 1. The highest BCUT2D eigenvalue weighted by Gasteiger charge is 2.08. The Hall–Kier alpha value is -2.09. The smallest absolute Gasteiger partial charge is 0.200 e. The maximum atomic E-state index is 12.1. The Morgan fingerprint density at radius 1 is 0.947 bits per heavy atom. The zero-order chi connectivity index (χ0) is 13.8. The van der Waals surface area contributed by atoms with E-state index in [1.165, 1.54) is 5.56 Å². The summed E-state index contributed by atoms with van der Waals surface area (Å²) in [5.41, 5.74) is 4.06. The standard InChI is InChI=1S/C17H18O2/c1-12-8-9-15(10-14(12)3)16(18)11-19-17-7-5-4-6-13(17)2/h4-10H,11H2,1-3H3. The van der Waals surface area contributed by atoms with Crippen LogP contribution in [0.4, 0.5) is 0 Å². The van der Waals surface area contributed by atoms with Gasteiger partial charge >= 0.3 is 0 Å². The highest BCUT2D eigenvalue weighted by molar-refractivity contribution is 5.97. The van der Waals surface area contributed by atoms with Gasteiger partial charge in [0.15, 0.2) is 12.4 Å². The summed E-state index contributed by atoms with van der Waals surface area (Å²) >= 11 is 0. The molecule has 0 amide bonds. The van der Waals surface area contributed by atoms with Gasteiger partial charge in [-0.3, -0.25) is 4.79 Å². The first-order chi connectivity index (χ1) is 9.08. The summed E-state index contributed by atoms with van der Waals surface area (Å²) in [5.74, 6) is 0.769. The number of benzene rings is 2. The fourth-order valence-electron chi connectivity index (χ4n) is 1.86. The zero-order valence-electron chi connectivity index (χ0n) is 11.6. The lowest BCUT2D eigenvalue weighted by molar-refractivity contribution is 0.0921. The number of ketones is 1. The van der Waals surface area contributed by atoms with Crippen LogP contribution in [-0.4, -0.2) is 12.4 Å². The highest BCUT2D eigenvalue weighted by Crippen LogP contribution is 2.17. The first kappa shape index (κ1) is 13.3. The van der Waals surface area contributed by atoms with E-state index in [0.717, 1.165) is 16.9 Å². The van der Waals surface area contributed by atoms with E-state index in [9.17, 15) is 4.79 Å². The number of Topliss-reactive ketones (excluding diaryl/α,β-unsaturated/α-hetero) is 1. The van der Waals surface area contributed by atoms with Crippen molar-refractivity contribution in [2.45, 2.75) is 20.8 Å². The summed E-state index contributed by atoms with van der Waals surface area (Å²) in [5, 5.41) is 0. The molecule has 0 bridgehead atoms. The van der Waals surface area contributed by atoms with Crippen LogP contribution in [0.25, 0.3) is 0 Å². The molecule has 2 aromatic carbocycles. The van der Waals surface area contributed by atoms with Crippen LogP contribution >= 0.6 is 0 Å². The summed E-state index contributed by atoms with van der Waals surface area (Å²) in [7, 11) is 0. The Morgan fingerprint density at radius 2 is 1.68 bits per heavy atom. The average molecular weight is 254 g/mol. The summed E-state index contributed by atoms with van der Waals surface area (Å²) in [6.07, 6.45) is 0. The van der Waals surface area contributed by atoms with Crippen LogP contribution in [0.1, 0.15) is 27.0 Å². The lowest BCUT2D eigenvalue weighted by Gasteiger charge is -2.09. The van der Waals surface area contributed by atoms with E-state index < -0.39 is 0 Å². The second kappa shape index (κ2) is 5.70. The van der Waals surface area contributed by atoms with Crippen LogP contribution in [0.15, 0.2) is 42.5 Å². The van der Waals surface area contributed by atoms with Crippen molar-refractivity contribution in [2.24, 2.45) is 0 Å². The summed E-state index contributed by atoms with van der Waals surface area (Å²) in [4.78, 5) is 12.1. The van der Waals surface area contributed by atoms with Gasteiger partial charge in [-0.05, 0) is 49.6 Å². The molecule has 0 aliphatic carbocycles. The third-order valence-electron chi connectivity index (χ3n) is 3.28. The normalized spacial score (nSPS) is 10.3. The maximum Gasteiger partial charge on any atom is 0.200 e. The van der Waals surface area contributed by atoms with Crippen molar-refractivity contribution < 1.29 is 9.53 Å². The van der Waals surface area contributed by atoms with Gasteiger partial charge in [0, 0.05) is 5.56 Å². The SMILES string of the molecule is Cc1ccc(C(=O)COc2ccccc2C)cc1C. The number of aryl methyl sites for hydroxylation is 3. The lowest BCUT2D eigenvalue weighted by atomic mass is 10.0. The van der Waals surface area contributed by atoms with E-state index in [1.54, 1.807) is 0 Å². The first-order valence-corrected chi connectivity index (χ1v) is 6.37. The predicted molar refractivity (Wildman–Crippen MR) is 76.9 cm³/mol. The van der Waals surface area contributed by atoms with Gasteiger partial charge in [0.25, 0.3) is 0 Å². The quantitative estimate of drug-likeness (QED) is 0.774. The molecule has 0 fully saturated rings. The van der Waals surface area contributed by atoms with Crippen molar-refractivity contribution in [3.05, 3.63) is 64.7 Å². The van der Waals surface area contributed by atoms with Crippen molar-refractivity contribution in [1.82, 2.24) is 0 Å². The lowest BCUT2D eigenvalue weighted by Crippen LogP contribution is -2.12. The Morgan fingerprint density at radius 3 is 2.37 bits per heavy atom. The topological polar surface area (TPSA) is 26.3 Å². The van der Waals surface area contributed by atoms with Gasteiger partial charge in [0.05, 0.1) is 0 Å². The highest BCUT2D eigenvalue weighted by atomic mass is 16.5. The molecular weight excluding hydrogens is 236 g/mol. The van der Waals surface area contributed by atoms with E-state index in [0.29, 0.717) is 5.56 Å². The van der Waals surface area contributed by atoms with Crippen molar-refractivity contribution in [3.8, 4) is 5.75 Å². The second-order valence-electron chi connectivity index (χ2n) is 4.78. The Balaban J connectivity index is 2.05. The minimum atomic E-state index is 0.00588. The number of rotatable bonds is 4. The molecule has 2 aromatic rings. The van der Waals surface area contributed by atoms with Crippen LogP contribution in [0.3, 0.4) is 0 Å². The van der Waals surface area contributed by atoms with Gasteiger partial charge in [-0.2, -0.15) is 0 Å². The number of hydrogen-bond acceptors (Lipinski definition) is 2. The average Bonchev–Trinajstić information content (AvgIpc) is 2.40. The predicted octanol–water partition coefficient (Wildman–Crippen LogP) is 3.87. The molecule has 0 saturated heterocycles. The molecule has 2 heteroatoms. The Labute approximate surface area is 114 Å². The molecular formula is C17H18O2. The van der Waals surface area contributed by atoms with Gasteiger partial charge in [-0.15, -0.1) is 0 Å². The van der Waals surface area contributed by atoms with Crippen molar-refractivity contribution in [1.29, 1.82) is 0 Å². The second-order valence-corrected chi connectivity index (χ2v) is 4.78. The zero-order valence-corrected chi connectivity index (χ0v) is 11.6. The molecule has 0 aliphatic heterocycles. The summed E-state index contributed by atoms with van der Waals surface area (Å²) in [6.45, 7) is 6.09. The van der Waals surface area contributed by atoms with E-state index >= 15 is 0 Å². The van der Waals surface area contributed by atoms with E-state index in [-0.39, 0.29) is 12.4 Å². The minimum absolute atomic E-state index is 0.00588. The van der Waals surface area contributed by atoms with Crippen molar-refractivity contribution in [2.75, 3.05) is 6.61 Å². The number of carbonyl (C=O) groups excluding carboxylic acids is 1. The fraction of sp³-hybridized carbons (Fsp3) is 0.235. The number of hydrogen-bond donors (Lipinski definition) is 0. The molecule has 2 rings (SSSR count). The van der Waals surface area contributed by atoms with Gasteiger partial charge in [0.2, 0.25) is 0 Å². The van der Waals surface area contributed by atoms with Gasteiger partial charge < -0.3 is 4.74 Å². The molecule has 0 saturated carbocycles. The molecule has 19 heavy (non-hydrogen) atoms. The van der Waals surface area contributed by atoms with E-state index in [1.807, 2.05) is 63.2 Å². The Kier molecular flexibility index (Phi) is 4.00. The summed E-state index contributed by atoms with van der Waals surface area (Å²) < 4.78 is 5.57. The van der Waals surface area contributed by atoms with E-state index in [4.69, 9.17) is 4.74 Å². The third-order valence-corrected chi connectivity index (χ3v) is 3.28. The molecule has 98 valence electrons. The third kappa shape index (κ3) is 3.22. The van der Waals surface area contributed by atoms with Crippen molar-refractivity contribution >= 4 is 5.78 Å². The molecule has 0 aliphatic rings. The molecule has 0 heterocycles. The largest absolute Gasteiger partial charge is 0.485 e. The fourth-order valence-corrected chi connectivity index (χ4v) is 1.86. The van der Waals surface area contributed by atoms with Gasteiger partial charge in [-0.1, -0.05) is 30.3 Å². The Bertz CT molecular complexity index is 600. The van der Waals surface area contributed by atoms with Gasteiger partial charge in [-0.25, -0.2) is 0 Å². The molecule has 2 nitrogen and oxygen atoms in total. The monoisotopic (exact) mass is 254 g/mol. The number of carbonyl (C=O) groups is 1. The van der Waals surface area contributed by atoms with Crippen molar-refractivity contribution in [3.63, 3.8) is 0 Å². The van der Waals surface area contributed by atoms with Crippen LogP contribution in [0, 0.1) is 20.8 Å². The summed E-state index contributed by atoms with van der Waals surface area (Å²) in [6, 6.07) is 13.4. The van der Waals surface area contributed by atoms with E-state index in [2.05, 4.69) is 0 Å². The molecule has 0 radical (unpaired) electrons. The molecule has 0 aromatic heterocycles. The molecule has 0 spiro atoms. The van der Waals surface area contributed by atoms with Gasteiger partial charge in [0.1, 0.15) is 5.75 Å².